The molecule has 0 aliphatic heterocycles. The van der Waals surface area contributed by atoms with Crippen LogP contribution in [-0.4, -0.2) is 41.2 Å². The van der Waals surface area contributed by atoms with Crippen LogP contribution in [0.2, 0.25) is 0 Å². The maximum absolute atomic E-state index is 12.7. The van der Waals surface area contributed by atoms with Crippen LogP contribution < -0.4 is 15.6 Å². The second-order valence-corrected chi connectivity index (χ2v) is 9.73. The number of hydrazine groups is 1. The summed E-state index contributed by atoms with van der Waals surface area (Å²) in [7, 11) is 0. The first-order chi connectivity index (χ1) is 16.7. The van der Waals surface area contributed by atoms with Gasteiger partial charge in [-0.15, -0.1) is 0 Å². The summed E-state index contributed by atoms with van der Waals surface area (Å²) in [4.78, 5) is 49.7. The summed E-state index contributed by atoms with van der Waals surface area (Å²) >= 11 is 0. The third-order valence-electron chi connectivity index (χ3n) is 4.08. The third kappa shape index (κ3) is 10.0. The molecule has 0 aliphatic carbocycles. The van der Waals surface area contributed by atoms with Gasteiger partial charge in [-0.25, -0.2) is 19.8 Å². The molecule has 2 aromatic carbocycles. The summed E-state index contributed by atoms with van der Waals surface area (Å²) in [5.41, 5.74) is 3.50. The molecule has 0 saturated carbocycles. The van der Waals surface area contributed by atoms with E-state index in [9.17, 15) is 19.2 Å². The summed E-state index contributed by atoms with van der Waals surface area (Å²) in [5.74, 6) is -2.51. The second-order valence-electron chi connectivity index (χ2n) is 9.73. The fourth-order valence-electron chi connectivity index (χ4n) is 2.69. The molecule has 0 unspecified atom stereocenters. The number of hydrogen-bond acceptors (Lipinski definition) is 8. The zero-order chi connectivity index (χ0) is 26.9. The van der Waals surface area contributed by atoms with Crippen molar-refractivity contribution in [1.29, 1.82) is 0 Å². The Labute approximate surface area is 210 Å². The number of rotatable bonds is 7. The van der Waals surface area contributed by atoms with Gasteiger partial charge >= 0.3 is 18.0 Å². The summed E-state index contributed by atoms with van der Waals surface area (Å²) in [5, 5.41) is 0. The van der Waals surface area contributed by atoms with E-state index in [1.165, 1.54) is 24.3 Å². The zero-order valence-corrected chi connectivity index (χ0v) is 21.2. The van der Waals surface area contributed by atoms with Gasteiger partial charge in [0.05, 0.1) is 0 Å². The molecule has 2 N–H and O–H groups in total. The van der Waals surface area contributed by atoms with Gasteiger partial charge in [0, 0.05) is 5.56 Å². The molecule has 0 bridgehead atoms. The van der Waals surface area contributed by atoms with Gasteiger partial charge in [0.2, 0.25) is 0 Å². The van der Waals surface area contributed by atoms with Gasteiger partial charge in [0.25, 0.3) is 12.0 Å². The topological polar surface area (TPSA) is 129 Å². The Balaban J connectivity index is 2.04. The third-order valence-corrected chi connectivity index (χ3v) is 4.08. The van der Waals surface area contributed by atoms with Crippen LogP contribution in [0.25, 0.3) is 0 Å². The summed E-state index contributed by atoms with van der Waals surface area (Å²) < 4.78 is 21.2. The highest BCUT2D eigenvalue weighted by Crippen LogP contribution is 2.19. The first kappa shape index (κ1) is 28.2. The Morgan fingerprint density at radius 3 is 1.92 bits per heavy atom. The van der Waals surface area contributed by atoms with Crippen molar-refractivity contribution >= 4 is 23.9 Å². The first-order valence-electron chi connectivity index (χ1n) is 11.2. The molecule has 0 heterocycles. The van der Waals surface area contributed by atoms with Gasteiger partial charge < -0.3 is 18.9 Å². The summed E-state index contributed by atoms with van der Waals surface area (Å²) in [6.45, 7) is 9.95. The first-order valence-corrected chi connectivity index (χ1v) is 11.2. The number of carbonyl (C=O) groups is 4. The average Bonchev–Trinajstić information content (AvgIpc) is 2.78. The van der Waals surface area contributed by atoms with Crippen LogP contribution in [-0.2, 0) is 30.4 Å². The van der Waals surface area contributed by atoms with E-state index in [0.29, 0.717) is 0 Å². The lowest BCUT2D eigenvalue weighted by Gasteiger charge is -2.26. The van der Waals surface area contributed by atoms with Crippen molar-refractivity contribution in [3.8, 4) is 5.75 Å². The number of esters is 2. The molecule has 10 nitrogen and oxygen atoms in total. The van der Waals surface area contributed by atoms with Crippen molar-refractivity contribution in [2.45, 2.75) is 65.5 Å². The number of ether oxygens (including phenoxy) is 4. The van der Waals surface area contributed by atoms with Crippen molar-refractivity contribution in [2.75, 3.05) is 0 Å². The highest BCUT2D eigenvalue weighted by molar-refractivity contribution is 5.99. The van der Waals surface area contributed by atoms with E-state index in [2.05, 4.69) is 10.9 Å². The molecule has 0 fully saturated rings. The largest absolute Gasteiger partial charge is 0.467 e. The van der Waals surface area contributed by atoms with Crippen molar-refractivity contribution in [2.24, 2.45) is 0 Å². The maximum atomic E-state index is 12.7. The smallest absolute Gasteiger partial charge is 0.426 e. The number of amides is 2. The molecule has 0 saturated heterocycles. The summed E-state index contributed by atoms with van der Waals surface area (Å²) in [6.07, 6.45) is -2.57. The van der Waals surface area contributed by atoms with Crippen molar-refractivity contribution in [3.05, 3.63) is 65.7 Å². The van der Waals surface area contributed by atoms with Crippen molar-refractivity contribution in [3.63, 3.8) is 0 Å². The number of carbonyl (C=O) groups excluding carboxylic acids is 4. The van der Waals surface area contributed by atoms with Gasteiger partial charge in [-0.2, -0.15) is 0 Å². The molecule has 36 heavy (non-hydrogen) atoms. The zero-order valence-electron chi connectivity index (χ0n) is 21.2. The molecule has 0 spiro atoms. The van der Waals surface area contributed by atoms with Crippen LogP contribution in [0, 0.1) is 0 Å². The lowest BCUT2D eigenvalue weighted by atomic mass is 10.1. The fraction of sp³-hybridized carbons (Fsp3) is 0.385. The normalized spacial score (nSPS) is 11.3. The highest BCUT2D eigenvalue weighted by Gasteiger charge is 2.37. The van der Waals surface area contributed by atoms with E-state index in [1.54, 1.807) is 53.7 Å². The van der Waals surface area contributed by atoms with Crippen molar-refractivity contribution < 1.29 is 38.1 Å². The standard InChI is InChI=1S/C26H32N2O8/c1-25(2,3)35-22(30)20(23(31)36-26(4,5)6)34-19-14-10-13-18(15-19)21(29)27-28-24(32)33-16-17-11-8-7-9-12-17/h7-15,20H,16H2,1-6H3,(H,27,29)(H,28,32). The maximum Gasteiger partial charge on any atom is 0.426 e. The quantitative estimate of drug-likeness (QED) is 0.255. The molecule has 2 amide bonds. The van der Waals surface area contributed by atoms with Crippen LogP contribution in [0.4, 0.5) is 4.79 Å². The van der Waals surface area contributed by atoms with Gasteiger partial charge in [-0.05, 0) is 65.3 Å². The fourth-order valence-corrected chi connectivity index (χ4v) is 2.69. The van der Waals surface area contributed by atoms with E-state index in [4.69, 9.17) is 18.9 Å². The number of nitrogens with one attached hydrogen (secondary N) is 2. The van der Waals surface area contributed by atoms with Crippen LogP contribution in [0.1, 0.15) is 57.5 Å². The Bertz CT molecular complexity index is 1040. The molecule has 0 aliphatic rings. The molecular formula is C26H32N2O8. The molecular weight excluding hydrogens is 468 g/mol. The van der Waals surface area contributed by atoms with Gasteiger partial charge in [-0.3, -0.25) is 10.2 Å². The van der Waals surface area contributed by atoms with Crippen LogP contribution in [0.15, 0.2) is 54.6 Å². The predicted octanol–water partition coefficient (Wildman–Crippen LogP) is 3.69. The molecule has 0 radical (unpaired) electrons. The van der Waals surface area contributed by atoms with Gasteiger partial charge in [0.1, 0.15) is 23.6 Å². The Kier molecular flexibility index (Phi) is 9.43. The van der Waals surface area contributed by atoms with E-state index in [1.807, 2.05) is 18.2 Å². The van der Waals surface area contributed by atoms with E-state index >= 15 is 0 Å². The molecule has 0 atom stereocenters. The monoisotopic (exact) mass is 500 g/mol. The highest BCUT2D eigenvalue weighted by atomic mass is 16.6. The van der Waals surface area contributed by atoms with Crippen molar-refractivity contribution in [1.82, 2.24) is 10.9 Å². The van der Waals surface area contributed by atoms with Crippen LogP contribution >= 0.6 is 0 Å². The Hall–Kier alpha value is -4.08. The lowest BCUT2D eigenvalue weighted by molar-refractivity contribution is -0.179. The van der Waals surface area contributed by atoms with Gasteiger partial charge in [0.15, 0.2) is 0 Å². The number of hydrogen-bond donors (Lipinski definition) is 2. The molecule has 2 rings (SSSR count). The minimum Gasteiger partial charge on any atom is -0.467 e. The predicted molar refractivity (Wildman–Crippen MR) is 130 cm³/mol. The van der Waals surface area contributed by atoms with Crippen LogP contribution in [0.5, 0.6) is 5.75 Å². The Morgan fingerprint density at radius 1 is 0.778 bits per heavy atom. The molecule has 2 aromatic rings. The molecule has 10 heteroatoms. The number of benzene rings is 2. The average molecular weight is 501 g/mol. The SMILES string of the molecule is CC(C)(C)OC(=O)C(Oc1cccc(C(=O)NNC(=O)OCc2ccccc2)c1)C(=O)OC(C)(C)C. The van der Waals surface area contributed by atoms with E-state index in [-0.39, 0.29) is 17.9 Å². The minimum absolute atomic E-state index is 0.0303. The van der Waals surface area contributed by atoms with Gasteiger partial charge in [-0.1, -0.05) is 36.4 Å². The second kappa shape index (κ2) is 12.1. The molecule has 0 aromatic heterocycles. The van der Waals surface area contributed by atoms with E-state index in [0.717, 1.165) is 5.56 Å². The van der Waals surface area contributed by atoms with E-state index < -0.39 is 41.2 Å². The molecule has 194 valence electrons. The van der Waals surface area contributed by atoms with Crippen LogP contribution in [0.3, 0.4) is 0 Å². The summed E-state index contributed by atoms with van der Waals surface area (Å²) in [6, 6.07) is 14.7. The Morgan fingerprint density at radius 2 is 1.36 bits per heavy atom. The lowest BCUT2D eigenvalue weighted by Crippen LogP contribution is -2.44. The minimum atomic E-state index is -1.71.